The first kappa shape index (κ1) is 10.4. The zero-order valence-corrected chi connectivity index (χ0v) is 10.0. The van der Waals surface area contributed by atoms with Gasteiger partial charge in [0, 0.05) is 13.2 Å². The van der Waals surface area contributed by atoms with Crippen molar-refractivity contribution in [1.29, 1.82) is 0 Å². The summed E-state index contributed by atoms with van der Waals surface area (Å²) in [6, 6.07) is 0. The SMILES string of the molecule is Cn1cc(Oc2nc(Cl)ncc2Br)cn1. The maximum absolute atomic E-state index is 5.64. The number of aromatic nitrogens is 4. The second kappa shape index (κ2) is 4.16. The highest BCUT2D eigenvalue weighted by atomic mass is 79.9. The molecule has 0 bridgehead atoms. The molecule has 0 fully saturated rings. The molecule has 0 aliphatic carbocycles. The summed E-state index contributed by atoms with van der Waals surface area (Å²) in [6.45, 7) is 0. The molecule has 0 radical (unpaired) electrons. The normalized spacial score (nSPS) is 10.3. The van der Waals surface area contributed by atoms with Gasteiger partial charge in [0.25, 0.3) is 0 Å². The van der Waals surface area contributed by atoms with Crippen LogP contribution in [0.25, 0.3) is 0 Å². The molecule has 0 aromatic carbocycles. The minimum atomic E-state index is 0.136. The highest BCUT2D eigenvalue weighted by Gasteiger charge is 2.07. The molecule has 0 aliphatic rings. The Labute approximate surface area is 99.2 Å². The zero-order chi connectivity index (χ0) is 10.8. The fourth-order valence-corrected chi connectivity index (χ4v) is 1.36. The van der Waals surface area contributed by atoms with Crippen molar-refractivity contribution in [2.75, 3.05) is 0 Å². The van der Waals surface area contributed by atoms with Crippen LogP contribution in [0.2, 0.25) is 5.28 Å². The summed E-state index contributed by atoms with van der Waals surface area (Å²) < 4.78 is 7.71. The van der Waals surface area contributed by atoms with Crippen LogP contribution in [-0.2, 0) is 7.05 Å². The number of aryl methyl sites for hydroxylation is 1. The molecule has 0 atom stereocenters. The second-order valence-corrected chi connectivity index (χ2v) is 3.94. The summed E-state index contributed by atoms with van der Waals surface area (Å²) >= 11 is 8.90. The number of hydrogen-bond donors (Lipinski definition) is 0. The van der Waals surface area contributed by atoms with Gasteiger partial charge in [-0.25, -0.2) is 4.98 Å². The largest absolute Gasteiger partial charge is 0.434 e. The molecule has 78 valence electrons. The van der Waals surface area contributed by atoms with Gasteiger partial charge < -0.3 is 4.74 Å². The third kappa shape index (κ3) is 2.45. The maximum atomic E-state index is 5.64. The zero-order valence-electron chi connectivity index (χ0n) is 7.69. The third-order valence-electron chi connectivity index (χ3n) is 1.58. The summed E-state index contributed by atoms with van der Waals surface area (Å²) in [5.74, 6) is 0.955. The van der Waals surface area contributed by atoms with E-state index >= 15 is 0 Å². The van der Waals surface area contributed by atoms with Gasteiger partial charge in [0.1, 0.15) is 0 Å². The monoisotopic (exact) mass is 288 g/mol. The Balaban J connectivity index is 2.27. The van der Waals surface area contributed by atoms with Crippen LogP contribution in [0.4, 0.5) is 0 Å². The quantitative estimate of drug-likeness (QED) is 0.797. The van der Waals surface area contributed by atoms with Crippen LogP contribution < -0.4 is 4.74 Å². The van der Waals surface area contributed by atoms with Gasteiger partial charge in [0.05, 0.1) is 16.9 Å². The minimum absolute atomic E-state index is 0.136. The number of ether oxygens (including phenoxy) is 1. The van der Waals surface area contributed by atoms with Crippen molar-refractivity contribution < 1.29 is 4.74 Å². The summed E-state index contributed by atoms with van der Waals surface area (Å²) in [7, 11) is 1.80. The Morgan fingerprint density at radius 2 is 2.27 bits per heavy atom. The van der Waals surface area contributed by atoms with Crippen molar-refractivity contribution in [2.45, 2.75) is 0 Å². The van der Waals surface area contributed by atoms with Crippen LogP contribution >= 0.6 is 27.5 Å². The average molecular weight is 290 g/mol. The Morgan fingerprint density at radius 1 is 1.47 bits per heavy atom. The molecule has 7 heteroatoms. The van der Waals surface area contributed by atoms with Crippen molar-refractivity contribution >= 4 is 27.5 Å². The van der Waals surface area contributed by atoms with Gasteiger partial charge in [-0.2, -0.15) is 10.1 Å². The van der Waals surface area contributed by atoms with E-state index in [9.17, 15) is 0 Å². The number of rotatable bonds is 2. The Morgan fingerprint density at radius 3 is 2.93 bits per heavy atom. The van der Waals surface area contributed by atoms with E-state index in [1.807, 2.05) is 0 Å². The fourth-order valence-electron chi connectivity index (χ4n) is 0.966. The topological polar surface area (TPSA) is 52.8 Å². The summed E-state index contributed by atoms with van der Waals surface area (Å²) in [6.07, 6.45) is 4.84. The van der Waals surface area contributed by atoms with Gasteiger partial charge in [-0.3, -0.25) is 4.68 Å². The maximum Gasteiger partial charge on any atom is 0.238 e. The van der Waals surface area contributed by atoms with E-state index in [-0.39, 0.29) is 5.28 Å². The molecule has 2 aromatic rings. The molecule has 0 saturated heterocycles. The summed E-state index contributed by atoms with van der Waals surface area (Å²) in [5, 5.41) is 4.10. The highest BCUT2D eigenvalue weighted by Crippen LogP contribution is 2.27. The number of halogens is 2. The van der Waals surface area contributed by atoms with Gasteiger partial charge in [0.2, 0.25) is 11.2 Å². The number of nitrogens with zero attached hydrogens (tertiary/aromatic N) is 4. The van der Waals surface area contributed by atoms with Crippen molar-refractivity contribution in [3.05, 3.63) is 28.3 Å². The molecule has 2 heterocycles. The molecule has 0 aliphatic heterocycles. The Hall–Kier alpha value is -1.14. The molecule has 0 amide bonds. The molecule has 2 rings (SSSR count). The van der Waals surface area contributed by atoms with Crippen LogP contribution in [0.1, 0.15) is 0 Å². The van der Waals surface area contributed by atoms with Gasteiger partial charge in [-0.05, 0) is 27.5 Å². The summed E-state index contributed by atoms with van der Waals surface area (Å²) in [5.41, 5.74) is 0. The standard InChI is InChI=1S/C8H6BrClN4O/c1-14-4-5(2-12-14)15-7-6(9)3-11-8(10)13-7/h2-4H,1H3. The smallest absolute Gasteiger partial charge is 0.238 e. The van der Waals surface area contributed by atoms with Crippen molar-refractivity contribution in [3.8, 4) is 11.6 Å². The predicted octanol–water partition coefficient (Wildman–Crippen LogP) is 2.42. The lowest BCUT2D eigenvalue weighted by Gasteiger charge is -2.02. The lowest BCUT2D eigenvalue weighted by Crippen LogP contribution is -1.90. The Bertz CT molecular complexity index is 487. The van der Waals surface area contributed by atoms with Crippen molar-refractivity contribution in [2.24, 2.45) is 7.05 Å². The van der Waals surface area contributed by atoms with Gasteiger partial charge in [-0.1, -0.05) is 0 Å². The molecule has 2 aromatic heterocycles. The molecule has 5 nitrogen and oxygen atoms in total. The number of hydrogen-bond acceptors (Lipinski definition) is 4. The fraction of sp³-hybridized carbons (Fsp3) is 0.125. The van der Waals surface area contributed by atoms with Gasteiger partial charge >= 0.3 is 0 Å². The van der Waals surface area contributed by atoms with Crippen LogP contribution in [0.5, 0.6) is 11.6 Å². The third-order valence-corrected chi connectivity index (χ3v) is 2.30. The second-order valence-electron chi connectivity index (χ2n) is 2.74. The van der Waals surface area contributed by atoms with Crippen molar-refractivity contribution in [3.63, 3.8) is 0 Å². The van der Waals surface area contributed by atoms with E-state index in [1.54, 1.807) is 24.1 Å². The molecule has 0 saturated carbocycles. The molecule has 15 heavy (non-hydrogen) atoms. The van der Waals surface area contributed by atoms with Gasteiger partial charge in [-0.15, -0.1) is 0 Å². The first-order valence-corrected chi connectivity index (χ1v) is 5.17. The van der Waals surface area contributed by atoms with Gasteiger partial charge in [0.15, 0.2) is 5.75 Å². The van der Waals surface area contributed by atoms with Crippen LogP contribution in [0.15, 0.2) is 23.1 Å². The molecule has 0 N–H and O–H groups in total. The first-order valence-electron chi connectivity index (χ1n) is 3.99. The molecule has 0 spiro atoms. The van der Waals surface area contributed by atoms with E-state index in [4.69, 9.17) is 16.3 Å². The molecule has 0 unspecified atom stereocenters. The lowest BCUT2D eigenvalue weighted by molar-refractivity contribution is 0.457. The van der Waals surface area contributed by atoms with Crippen molar-refractivity contribution in [1.82, 2.24) is 19.7 Å². The van der Waals surface area contributed by atoms with E-state index in [2.05, 4.69) is 31.0 Å². The van der Waals surface area contributed by atoms with Crippen LogP contribution in [0.3, 0.4) is 0 Å². The highest BCUT2D eigenvalue weighted by molar-refractivity contribution is 9.10. The van der Waals surface area contributed by atoms with E-state index in [1.165, 1.54) is 6.20 Å². The van der Waals surface area contributed by atoms with Crippen LogP contribution in [0, 0.1) is 0 Å². The van der Waals surface area contributed by atoms with E-state index in [0.717, 1.165) is 0 Å². The minimum Gasteiger partial charge on any atom is -0.434 e. The first-order chi connectivity index (χ1) is 7.15. The molecular weight excluding hydrogens is 283 g/mol. The van der Waals surface area contributed by atoms with Crippen LogP contribution in [-0.4, -0.2) is 19.7 Å². The lowest BCUT2D eigenvalue weighted by atomic mass is 10.6. The van der Waals surface area contributed by atoms with E-state index in [0.29, 0.717) is 16.1 Å². The average Bonchev–Trinajstić information content (AvgIpc) is 2.58. The Kier molecular flexibility index (Phi) is 2.88. The summed E-state index contributed by atoms with van der Waals surface area (Å²) in [4.78, 5) is 7.72. The predicted molar refractivity (Wildman–Crippen MR) is 58.0 cm³/mol. The van der Waals surface area contributed by atoms with E-state index < -0.39 is 0 Å². The molecular formula is C8H6BrClN4O.